The summed E-state index contributed by atoms with van der Waals surface area (Å²) in [6.45, 7) is 5.09. The minimum absolute atomic E-state index is 0.00342. The molecule has 0 spiro atoms. The molecule has 0 radical (unpaired) electrons. The summed E-state index contributed by atoms with van der Waals surface area (Å²) in [7, 11) is -3.80. The summed E-state index contributed by atoms with van der Waals surface area (Å²) in [5, 5.41) is 9.75. The lowest BCUT2D eigenvalue weighted by atomic mass is 10.0. The second-order valence-corrected chi connectivity index (χ2v) is 6.40. The number of sulfonamides is 1. The number of benzene rings is 1. The summed E-state index contributed by atoms with van der Waals surface area (Å²) in [5.74, 6) is -0.568. The maximum absolute atomic E-state index is 13.3. The van der Waals surface area contributed by atoms with Crippen LogP contribution in [0.1, 0.15) is 25.8 Å². The molecule has 0 aliphatic carbocycles. The Morgan fingerprint density at radius 1 is 1.42 bits per heavy atom. The van der Waals surface area contributed by atoms with Gasteiger partial charge in [0.25, 0.3) is 0 Å². The van der Waals surface area contributed by atoms with Gasteiger partial charge in [0, 0.05) is 12.1 Å². The predicted molar refractivity (Wildman–Crippen MR) is 71.8 cm³/mol. The van der Waals surface area contributed by atoms with E-state index in [0.29, 0.717) is 0 Å². The summed E-state index contributed by atoms with van der Waals surface area (Å²) in [6, 6.07) is 3.90. The average molecular weight is 289 g/mol. The minimum atomic E-state index is -3.80. The summed E-state index contributed by atoms with van der Waals surface area (Å²) in [5.41, 5.74) is 0.0769. The Bertz CT molecular complexity index is 531. The van der Waals surface area contributed by atoms with E-state index in [0.717, 1.165) is 6.42 Å². The van der Waals surface area contributed by atoms with Crippen LogP contribution in [0.15, 0.2) is 23.1 Å². The smallest absolute Gasteiger partial charge is 0.241 e. The number of hydrogen-bond acceptors (Lipinski definition) is 3. The Labute approximate surface area is 113 Å². The van der Waals surface area contributed by atoms with Crippen molar-refractivity contribution in [1.82, 2.24) is 4.72 Å². The van der Waals surface area contributed by atoms with Gasteiger partial charge in [-0.1, -0.05) is 26.3 Å². The van der Waals surface area contributed by atoms with Crippen molar-refractivity contribution in [2.45, 2.75) is 38.2 Å². The maximum atomic E-state index is 13.3. The third kappa shape index (κ3) is 3.99. The number of aliphatic hydroxyl groups excluding tert-OH is 1. The summed E-state index contributed by atoms with van der Waals surface area (Å²) < 4.78 is 39.7. The van der Waals surface area contributed by atoms with E-state index in [1.807, 2.05) is 13.8 Å². The van der Waals surface area contributed by atoms with Gasteiger partial charge in [-0.25, -0.2) is 17.5 Å². The minimum Gasteiger partial charge on any atom is -0.391 e. The normalized spacial score (nSPS) is 15.2. The maximum Gasteiger partial charge on any atom is 0.241 e. The van der Waals surface area contributed by atoms with Crippen molar-refractivity contribution in [2.24, 2.45) is 5.92 Å². The molecule has 0 saturated carbocycles. The van der Waals surface area contributed by atoms with Gasteiger partial charge in [-0.15, -0.1) is 0 Å². The topological polar surface area (TPSA) is 66.4 Å². The predicted octanol–water partition coefficient (Wildman–Crippen LogP) is 1.82. The van der Waals surface area contributed by atoms with Crippen LogP contribution < -0.4 is 4.72 Å². The van der Waals surface area contributed by atoms with E-state index in [1.165, 1.54) is 25.1 Å². The fourth-order valence-corrected chi connectivity index (χ4v) is 2.93. The third-order valence-electron chi connectivity index (χ3n) is 3.29. The Balaban J connectivity index is 2.85. The zero-order valence-electron chi connectivity index (χ0n) is 11.4. The molecule has 2 atom stereocenters. The van der Waals surface area contributed by atoms with Crippen molar-refractivity contribution in [3.8, 4) is 0 Å². The lowest BCUT2D eigenvalue weighted by molar-refractivity contribution is 0.118. The van der Waals surface area contributed by atoms with Crippen LogP contribution >= 0.6 is 0 Å². The van der Waals surface area contributed by atoms with Crippen molar-refractivity contribution in [1.29, 1.82) is 0 Å². The van der Waals surface area contributed by atoms with Gasteiger partial charge < -0.3 is 5.11 Å². The first-order chi connectivity index (χ1) is 8.79. The average Bonchev–Trinajstić information content (AvgIpc) is 2.38. The molecule has 0 aliphatic rings. The molecule has 0 saturated heterocycles. The Morgan fingerprint density at radius 2 is 2.05 bits per heavy atom. The molecule has 0 bridgehead atoms. The highest BCUT2D eigenvalue weighted by Crippen LogP contribution is 2.17. The molecular weight excluding hydrogens is 269 g/mol. The molecule has 1 aromatic carbocycles. The summed E-state index contributed by atoms with van der Waals surface area (Å²) in [4.78, 5) is -0.0937. The van der Waals surface area contributed by atoms with Crippen LogP contribution in [-0.2, 0) is 10.0 Å². The second-order valence-electron chi connectivity index (χ2n) is 4.67. The van der Waals surface area contributed by atoms with Crippen LogP contribution in [0, 0.1) is 18.7 Å². The first-order valence-electron chi connectivity index (χ1n) is 6.22. The zero-order chi connectivity index (χ0) is 14.6. The Hall–Kier alpha value is -0.980. The standard InChI is InChI=1S/C13H20FNO3S/c1-4-9(2)12(16)8-15-19(17,18)13-7-5-6-11(14)10(13)3/h5-7,9,12,15-16H,4,8H2,1-3H3. The van der Waals surface area contributed by atoms with E-state index in [4.69, 9.17) is 0 Å². The van der Waals surface area contributed by atoms with E-state index >= 15 is 0 Å². The number of halogens is 1. The van der Waals surface area contributed by atoms with Crippen LogP contribution in [0.2, 0.25) is 0 Å². The Morgan fingerprint density at radius 3 is 2.63 bits per heavy atom. The first kappa shape index (κ1) is 16.1. The number of rotatable bonds is 6. The number of aliphatic hydroxyl groups is 1. The van der Waals surface area contributed by atoms with Crippen LogP contribution in [-0.4, -0.2) is 26.2 Å². The van der Waals surface area contributed by atoms with Crippen molar-refractivity contribution in [3.05, 3.63) is 29.6 Å². The highest BCUT2D eigenvalue weighted by atomic mass is 32.2. The van der Waals surface area contributed by atoms with Crippen molar-refractivity contribution in [2.75, 3.05) is 6.54 Å². The van der Waals surface area contributed by atoms with Crippen molar-refractivity contribution in [3.63, 3.8) is 0 Å². The molecule has 0 fully saturated rings. The molecule has 0 aromatic heterocycles. The molecule has 0 aliphatic heterocycles. The van der Waals surface area contributed by atoms with Gasteiger partial charge in [0.15, 0.2) is 0 Å². The molecule has 1 aromatic rings. The van der Waals surface area contributed by atoms with E-state index < -0.39 is 21.9 Å². The van der Waals surface area contributed by atoms with E-state index in [9.17, 15) is 17.9 Å². The molecule has 0 amide bonds. The largest absolute Gasteiger partial charge is 0.391 e. The molecular formula is C13H20FNO3S. The SMILES string of the molecule is CCC(C)C(O)CNS(=O)(=O)c1cccc(F)c1C. The summed E-state index contributed by atoms with van der Waals surface area (Å²) >= 11 is 0. The highest BCUT2D eigenvalue weighted by Gasteiger charge is 2.21. The van der Waals surface area contributed by atoms with E-state index in [2.05, 4.69) is 4.72 Å². The molecule has 19 heavy (non-hydrogen) atoms. The molecule has 2 unspecified atom stereocenters. The highest BCUT2D eigenvalue weighted by molar-refractivity contribution is 7.89. The van der Waals surface area contributed by atoms with Gasteiger partial charge in [-0.05, 0) is 25.0 Å². The molecule has 0 heterocycles. The lowest BCUT2D eigenvalue weighted by Crippen LogP contribution is -2.35. The fraction of sp³-hybridized carbons (Fsp3) is 0.538. The van der Waals surface area contributed by atoms with Crippen molar-refractivity contribution >= 4 is 10.0 Å². The van der Waals surface area contributed by atoms with Gasteiger partial charge in [0.1, 0.15) is 5.82 Å². The molecule has 4 nitrogen and oxygen atoms in total. The monoisotopic (exact) mass is 289 g/mol. The quantitative estimate of drug-likeness (QED) is 0.839. The van der Waals surface area contributed by atoms with Gasteiger partial charge in [0.2, 0.25) is 10.0 Å². The van der Waals surface area contributed by atoms with Gasteiger partial charge in [-0.3, -0.25) is 0 Å². The second kappa shape index (κ2) is 6.45. The van der Waals surface area contributed by atoms with E-state index in [1.54, 1.807) is 0 Å². The third-order valence-corrected chi connectivity index (χ3v) is 4.86. The number of hydrogen-bond donors (Lipinski definition) is 2. The molecule has 108 valence electrons. The fourth-order valence-electron chi connectivity index (χ4n) is 1.62. The Kier molecular flexibility index (Phi) is 5.46. The zero-order valence-corrected chi connectivity index (χ0v) is 12.2. The summed E-state index contributed by atoms with van der Waals surface area (Å²) in [6.07, 6.45) is -0.00402. The number of nitrogens with one attached hydrogen (secondary N) is 1. The van der Waals surface area contributed by atoms with Crippen LogP contribution in [0.25, 0.3) is 0 Å². The molecule has 1 rings (SSSR count). The van der Waals surface area contributed by atoms with Gasteiger partial charge in [0.05, 0.1) is 11.0 Å². The van der Waals surface area contributed by atoms with Gasteiger partial charge >= 0.3 is 0 Å². The van der Waals surface area contributed by atoms with Crippen molar-refractivity contribution < 1.29 is 17.9 Å². The molecule has 6 heteroatoms. The van der Waals surface area contributed by atoms with Crippen LogP contribution in [0.5, 0.6) is 0 Å². The van der Waals surface area contributed by atoms with Crippen LogP contribution in [0.3, 0.4) is 0 Å². The van der Waals surface area contributed by atoms with Crippen LogP contribution in [0.4, 0.5) is 4.39 Å². The van der Waals surface area contributed by atoms with Gasteiger partial charge in [-0.2, -0.15) is 0 Å². The lowest BCUT2D eigenvalue weighted by Gasteiger charge is -2.18. The van der Waals surface area contributed by atoms with E-state index in [-0.39, 0.29) is 22.9 Å². The molecule has 2 N–H and O–H groups in total. The first-order valence-corrected chi connectivity index (χ1v) is 7.70.